The number of allylic oxidation sites excluding steroid dienone is 1. The summed E-state index contributed by atoms with van der Waals surface area (Å²) in [5.41, 5.74) is 3.26. The lowest BCUT2D eigenvalue weighted by molar-refractivity contribution is -0.137. The monoisotopic (exact) mass is 449 g/mol. The van der Waals surface area contributed by atoms with Gasteiger partial charge in [0.25, 0.3) is 17.7 Å². The lowest BCUT2D eigenvalue weighted by atomic mass is 10.2. The summed E-state index contributed by atoms with van der Waals surface area (Å²) in [6, 6.07) is 12.8. The van der Waals surface area contributed by atoms with E-state index in [1.165, 1.54) is 36.4 Å². The summed E-state index contributed by atoms with van der Waals surface area (Å²) in [7, 11) is 0. The van der Waals surface area contributed by atoms with Crippen molar-refractivity contribution in [1.82, 2.24) is 10.4 Å². The number of esters is 1. The van der Waals surface area contributed by atoms with Crippen LogP contribution >= 0.6 is 0 Å². The number of imide groups is 1. The summed E-state index contributed by atoms with van der Waals surface area (Å²) in [4.78, 5) is 63.9. The number of benzene rings is 2. The number of nitrogens with zero attached hydrogens (tertiary/aromatic N) is 2. The van der Waals surface area contributed by atoms with Gasteiger partial charge in [0.2, 0.25) is 5.91 Å². The summed E-state index contributed by atoms with van der Waals surface area (Å²) in [6.07, 6.45) is 2.35. The zero-order valence-electron chi connectivity index (χ0n) is 18.2. The molecular weight excluding hydrogens is 426 g/mol. The number of amides is 4. The number of hydrogen-bond donors (Lipinski definition) is 1. The van der Waals surface area contributed by atoms with Gasteiger partial charge in [-0.2, -0.15) is 0 Å². The molecule has 0 bridgehead atoms. The van der Waals surface area contributed by atoms with Crippen molar-refractivity contribution in [2.24, 2.45) is 0 Å². The Labute approximate surface area is 190 Å². The lowest BCUT2D eigenvalue weighted by Gasteiger charge is -2.27. The van der Waals surface area contributed by atoms with Gasteiger partial charge in [-0.3, -0.25) is 24.6 Å². The minimum Gasteiger partial charge on any atom is -0.462 e. The molecule has 3 rings (SSSR count). The fourth-order valence-electron chi connectivity index (χ4n) is 3.32. The molecule has 0 radical (unpaired) electrons. The van der Waals surface area contributed by atoms with E-state index in [4.69, 9.17) is 4.74 Å². The highest BCUT2D eigenvalue weighted by Crippen LogP contribution is 2.26. The highest BCUT2D eigenvalue weighted by molar-refractivity contribution is 6.23. The molecule has 1 aliphatic rings. The molecule has 9 nitrogen and oxygen atoms in total. The van der Waals surface area contributed by atoms with Crippen LogP contribution in [0.1, 0.15) is 41.0 Å². The summed E-state index contributed by atoms with van der Waals surface area (Å²) in [5, 5.41) is 0.878. The normalized spacial score (nSPS) is 15.6. The lowest BCUT2D eigenvalue weighted by Crippen LogP contribution is -2.54. The van der Waals surface area contributed by atoms with Crippen LogP contribution in [0.25, 0.3) is 0 Å². The Bertz CT molecular complexity index is 1090. The van der Waals surface area contributed by atoms with Crippen LogP contribution in [0.3, 0.4) is 0 Å². The van der Waals surface area contributed by atoms with Gasteiger partial charge in [-0.1, -0.05) is 24.3 Å². The maximum absolute atomic E-state index is 13.2. The molecule has 1 unspecified atom stereocenters. The molecule has 1 heterocycles. The first-order valence-corrected chi connectivity index (χ1v) is 10.3. The molecule has 1 N–H and O–H groups in total. The molecular formula is C24H23N3O6. The first kappa shape index (κ1) is 23.4. The average molecular weight is 449 g/mol. The molecule has 1 aliphatic heterocycles. The third-order valence-corrected chi connectivity index (χ3v) is 4.88. The number of ether oxygens (including phenoxy) is 1. The molecule has 2 aromatic carbocycles. The number of hydrogen-bond acceptors (Lipinski definition) is 6. The molecule has 0 saturated carbocycles. The Morgan fingerprint density at radius 2 is 1.73 bits per heavy atom. The van der Waals surface area contributed by atoms with E-state index in [0.29, 0.717) is 5.56 Å². The molecule has 1 atom stereocenters. The van der Waals surface area contributed by atoms with Crippen LogP contribution in [0.2, 0.25) is 0 Å². The van der Waals surface area contributed by atoms with Gasteiger partial charge in [0.15, 0.2) is 0 Å². The van der Waals surface area contributed by atoms with Crippen LogP contribution < -0.4 is 10.3 Å². The van der Waals surface area contributed by atoms with E-state index in [1.807, 2.05) is 0 Å². The highest BCUT2D eigenvalue weighted by Gasteiger charge is 2.45. The van der Waals surface area contributed by atoms with E-state index in [1.54, 1.807) is 44.2 Å². The molecule has 33 heavy (non-hydrogen) atoms. The molecule has 170 valence electrons. The smallest absolute Gasteiger partial charge is 0.338 e. The third kappa shape index (κ3) is 5.15. The summed E-state index contributed by atoms with van der Waals surface area (Å²) in [5.74, 6) is -2.97. The van der Waals surface area contributed by atoms with Crippen LogP contribution in [0.5, 0.6) is 0 Å². The van der Waals surface area contributed by atoms with E-state index in [0.717, 1.165) is 9.91 Å². The molecule has 9 heteroatoms. The van der Waals surface area contributed by atoms with Crippen LogP contribution in [0, 0.1) is 0 Å². The molecule has 1 saturated heterocycles. The molecule has 1 fully saturated rings. The van der Waals surface area contributed by atoms with Crippen molar-refractivity contribution in [3.05, 3.63) is 77.9 Å². The van der Waals surface area contributed by atoms with Crippen LogP contribution in [-0.2, 0) is 19.1 Å². The Morgan fingerprint density at radius 1 is 1.06 bits per heavy atom. The van der Waals surface area contributed by atoms with Crippen molar-refractivity contribution in [3.8, 4) is 0 Å². The van der Waals surface area contributed by atoms with Crippen LogP contribution in [0.4, 0.5) is 5.69 Å². The fourth-order valence-corrected chi connectivity index (χ4v) is 3.32. The molecule has 0 spiro atoms. The van der Waals surface area contributed by atoms with Gasteiger partial charge in [-0.05, 0) is 50.2 Å². The minimum absolute atomic E-state index is 0.218. The molecule has 0 aliphatic carbocycles. The van der Waals surface area contributed by atoms with Crippen molar-refractivity contribution in [2.45, 2.75) is 26.3 Å². The number of anilines is 1. The quantitative estimate of drug-likeness (QED) is 0.313. The number of hydrazine groups is 1. The average Bonchev–Trinajstić information content (AvgIpc) is 3.11. The van der Waals surface area contributed by atoms with Gasteiger partial charge in [0.1, 0.15) is 6.04 Å². The second kappa shape index (κ2) is 10.4. The topological polar surface area (TPSA) is 113 Å². The predicted octanol–water partition coefficient (Wildman–Crippen LogP) is 2.24. The van der Waals surface area contributed by atoms with Crippen molar-refractivity contribution >= 4 is 35.3 Å². The maximum atomic E-state index is 13.2. The second-order valence-corrected chi connectivity index (χ2v) is 7.07. The van der Waals surface area contributed by atoms with E-state index in [-0.39, 0.29) is 24.3 Å². The van der Waals surface area contributed by atoms with Crippen molar-refractivity contribution < 1.29 is 28.7 Å². The van der Waals surface area contributed by atoms with Gasteiger partial charge >= 0.3 is 5.97 Å². The number of rotatable bonds is 6. The molecule has 4 amide bonds. The first-order chi connectivity index (χ1) is 15.9. The third-order valence-electron chi connectivity index (χ3n) is 4.88. The van der Waals surface area contributed by atoms with E-state index in [2.05, 4.69) is 5.43 Å². The van der Waals surface area contributed by atoms with Crippen molar-refractivity contribution in [2.75, 3.05) is 11.5 Å². The zero-order valence-corrected chi connectivity index (χ0v) is 18.2. The minimum atomic E-state index is -1.22. The Hall–Kier alpha value is -4.27. The summed E-state index contributed by atoms with van der Waals surface area (Å²) >= 11 is 0. The number of carbonyl (C=O) groups is 5. The van der Waals surface area contributed by atoms with Crippen LogP contribution in [-0.4, -0.2) is 47.3 Å². The molecule has 0 aromatic heterocycles. The highest BCUT2D eigenvalue weighted by atomic mass is 16.5. The number of carbonyl (C=O) groups excluding carboxylic acids is 5. The Kier molecular flexibility index (Phi) is 7.34. The SMILES string of the molecule is CC=CC(=O)N(NC(=O)c1ccccc1)C1CC(=O)N(c2ccc(C(=O)OCC)cc2)C1=O. The summed E-state index contributed by atoms with van der Waals surface area (Å²) in [6.45, 7) is 3.52. The summed E-state index contributed by atoms with van der Waals surface area (Å²) < 4.78 is 4.93. The van der Waals surface area contributed by atoms with Crippen molar-refractivity contribution in [3.63, 3.8) is 0 Å². The Morgan fingerprint density at radius 3 is 2.33 bits per heavy atom. The predicted molar refractivity (Wildman–Crippen MR) is 119 cm³/mol. The second-order valence-electron chi connectivity index (χ2n) is 7.07. The standard InChI is InChI=1S/C24H23N3O6/c1-3-8-20(28)27(25-22(30)16-9-6-5-7-10-16)19-15-21(29)26(23(19)31)18-13-11-17(12-14-18)24(32)33-4-2/h3,5-14,19H,4,15H2,1-2H3,(H,25,30). The maximum Gasteiger partial charge on any atom is 0.338 e. The fraction of sp³-hybridized carbons (Fsp3) is 0.208. The Balaban J connectivity index is 1.85. The van der Waals surface area contributed by atoms with Gasteiger partial charge in [-0.15, -0.1) is 0 Å². The van der Waals surface area contributed by atoms with Gasteiger partial charge in [0, 0.05) is 11.6 Å². The van der Waals surface area contributed by atoms with Gasteiger partial charge < -0.3 is 4.74 Å². The largest absolute Gasteiger partial charge is 0.462 e. The number of nitrogens with one attached hydrogen (secondary N) is 1. The van der Waals surface area contributed by atoms with E-state index in [9.17, 15) is 24.0 Å². The van der Waals surface area contributed by atoms with E-state index < -0.39 is 35.6 Å². The first-order valence-electron chi connectivity index (χ1n) is 10.3. The van der Waals surface area contributed by atoms with Crippen LogP contribution in [0.15, 0.2) is 66.7 Å². The van der Waals surface area contributed by atoms with Crippen molar-refractivity contribution in [1.29, 1.82) is 0 Å². The zero-order chi connectivity index (χ0) is 24.0. The molecule has 2 aromatic rings. The van der Waals surface area contributed by atoms with Gasteiger partial charge in [0.05, 0.1) is 24.3 Å². The van der Waals surface area contributed by atoms with E-state index >= 15 is 0 Å². The van der Waals surface area contributed by atoms with Gasteiger partial charge in [-0.25, -0.2) is 14.7 Å².